The minimum Gasteiger partial charge on any atom is -0.507 e. The lowest BCUT2D eigenvalue weighted by atomic mass is 10.0. The van der Waals surface area contributed by atoms with Crippen molar-refractivity contribution >= 4 is 0 Å². The molecule has 0 radical (unpaired) electrons. The lowest BCUT2D eigenvalue weighted by molar-refractivity contribution is 0.261. The average Bonchev–Trinajstić information content (AvgIpc) is 2.20. The Labute approximate surface area is 82.9 Å². The molecule has 0 saturated heterocycles. The van der Waals surface area contributed by atoms with E-state index in [2.05, 4.69) is 0 Å². The third-order valence-corrected chi connectivity index (χ3v) is 2.17. The maximum absolute atomic E-state index is 9.74. The van der Waals surface area contributed by atoms with Gasteiger partial charge in [-0.1, -0.05) is 6.07 Å². The van der Waals surface area contributed by atoms with Crippen molar-refractivity contribution in [1.29, 1.82) is 0 Å². The van der Waals surface area contributed by atoms with Gasteiger partial charge in [0.25, 0.3) is 0 Å². The Kier molecular flexibility index (Phi) is 3.33. The van der Waals surface area contributed by atoms with Crippen molar-refractivity contribution in [3.8, 4) is 11.5 Å². The Bertz CT molecular complexity index is 325. The summed E-state index contributed by atoms with van der Waals surface area (Å²) in [6.45, 7) is 1.54. The zero-order chi connectivity index (χ0) is 10.7. The second-order valence-electron chi connectivity index (χ2n) is 3.14. The first kappa shape index (κ1) is 10.8. The van der Waals surface area contributed by atoms with Crippen LogP contribution >= 0.6 is 0 Å². The number of rotatable bonds is 3. The highest BCUT2D eigenvalue weighted by Gasteiger charge is 2.17. The summed E-state index contributed by atoms with van der Waals surface area (Å²) in [5, 5.41) is 18.7. The molecule has 1 atom stereocenters. The molecular weight excluding hydrogens is 182 g/mol. The van der Waals surface area contributed by atoms with Crippen LogP contribution in [0.5, 0.6) is 11.5 Å². The van der Waals surface area contributed by atoms with Crippen LogP contribution in [-0.2, 0) is 0 Å². The molecule has 1 rings (SSSR count). The Morgan fingerprint density at radius 2 is 2.14 bits per heavy atom. The quantitative estimate of drug-likeness (QED) is 0.666. The standard InChI is InChI=1S/C10H15NO3/c1-6-3-4-8(14-2)9(10(6)13)7(11)5-12/h3-4,7,12-13H,5,11H2,1-2H3. The van der Waals surface area contributed by atoms with Crippen LogP contribution in [0.1, 0.15) is 17.2 Å². The lowest BCUT2D eigenvalue weighted by Gasteiger charge is -2.16. The molecule has 0 aliphatic rings. The van der Waals surface area contributed by atoms with Gasteiger partial charge in [0, 0.05) is 0 Å². The van der Waals surface area contributed by atoms with Crippen molar-refractivity contribution in [3.63, 3.8) is 0 Å². The molecule has 0 aromatic heterocycles. The van der Waals surface area contributed by atoms with Crippen LogP contribution in [0, 0.1) is 6.92 Å². The molecule has 0 aliphatic heterocycles. The summed E-state index contributed by atoms with van der Waals surface area (Å²) in [5.74, 6) is 0.584. The highest BCUT2D eigenvalue weighted by atomic mass is 16.5. The molecule has 0 heterocycles. The zero-order valence-corrected chi connectivity index (χ0v) is 8.32. The Morgan fingerprint density at radius 1 is 1.50 bits per heavy atom. The fraction of sp³-hybridized carbons (Fsp3) is 0.400. The van der Waals surface area contributed by atoms with Gasteiger partial charge < -0.3 is 20.7 Å². The van der Waals surface area contributed by atoms with Crippen molar-refractivity contribution in [1.82, 2.24) is 0 Å². The number of phenols is 1. The third kappa shape index (κ3) is 1.81. The van der Waals surface area contributed by atoms with Crippen LogP contribution in [0.25, 0.3) is 0 Å². The summed E-state index contributed by atoms with van der Waals surface area (Å²) in [5.41, 5.74) is 6.82. The predicted octanol–water partition coefficient (Wildman–Crippen LogP) is 0.701. The van der Waals surface area contributed by atoms with E-state index in [0.717, 1.165) is 0 Å². The lowest BCUT2D eigenvalue weighted by Crippen LogP contribution is -2.16. The molecule has 0 saturated carbocycles. The number of methoxy groups -OCH3 is 1. The first-order valence-electron chi connectivity index (χ1n) is 4.34. The third-order valence-electron chi connectivity index (χ3n) is 2.17. The number of aliphatic hydroxyl groups excluding tert-OH is 1. The molecular formula is C10H15NO3. The van der Waals surface area contributed by atoms with Crippen LogP contribution < -0.4 is 10.5 Å². The summed E-state index contributed by atoms with van der Waals surface area (Å²) in [6, 6.07) is 2.84. The summed E-state index contributed by atoms with van der Waals surface area (Å²) >= 11 is 0. The second-order valence-corrected chi connectivity index (χ2v) is 3.14. The van der Waals surface area contributed by atoms with Gasteiger partial charge in [0.15, 0.2) is 0 Å². The van der Waals surface area contributed by atoms with Gasteiger partial charge in [0.05, 0.1) is 25.3 Å². The first-order chi connectivity index (χ1) is 6.61. The Hall–Kier alpha value is -1.26. The molecule has 0 fully saturated rings. The van der Waals surface area contributed by atoms with Gasteiger partial charge in [-0.05, 0) is 18.6 Å². The Balaban J connectivity index is 3.27. The molecule has 4 nitrogen and oxygen atoms in total. The van der Waals surface area contributed by atoms with Crippen molar-refractivity contribution in [2.24, 2.45) is 5.73 Å². The van der Waals surface area contributed by atoms with Crippen LogP contribution in [0.15, 0.2) is 12.1 Å². The largest absolute Gasteiger partial charge is 0.507 e. The number of benzene rings is 1. The molecule has 0 aliphatic carbocycles. The van der Waals surface area contributed by atoms with Gasteiger partial charge in [0.1, 0.15) is 11.5 Å². The summed E-state index contributed by atoms with van der Waals surface area (Å²) in [4.78, 5) is 0. The van der Waals surface area contributed by atoms with Crippen molar-refractivity contribution < 1.29 is 14.9 Å². The first-order valence-corrected chi connectivity index (χ1v) is 4.34. The van der Waals surface area contributed by atoms with E-state index in [4.69, 9.17) is 15.6 Å². The fourth-order valence-electron chi connectivity index (χ4n) is 1.33. The number of ether oxygens (including phenoxy) is 1. The molecule has 1 aromatic rings. The topological polar surface area (TPSA) is 75.7 Å². The van der Waals surface area contributed by atoms with E-state index < -0.39 is 6.04 Å². The monoisotopic (exact) mass is 197 g/mol. The predicted molar refractivity (Wildman–Crippen MR) is 53.4 cm³/mol. The molecule has 0 bridgehead atoms. The number of hydrogen-bond acceptors (Lipinski definition) is 4. The van der Waals surface area contributed by atoms with Crippen LogP contribution in [-0.4, -0.2) is 23.9 Å². The van der Waals surface area contributed by atoms with Crippen LogP contribution in [0.2, 0.25) is 0 Å². The second kappa shape index (κ2) is 4.30. The molecule has 1 unspecified atom stereocenters. The summed E-state index contributed by atoms with van der Waals surface area (Å²) in [7, 11) is 1.50. The highest BCUT2D eigenvalue weighted by Crippen LogP contribution is 2.34. The molecule has 78 valence electrons. The normalized spacial score (nSPS) is 12.6. The maximum atomic E-state index is 9.74. The van der Waals surface area contributed by atoms with Crippen molar-refractivity contribution in [3.05, 3.63) is 23.3 Å². The van der Waals surface area contributed by atoms with E-state index in [1.165, 1.54) is 7.11 Å². The van der Waals surface area contributed by atoms with E-state index in [9.17, 15) is 5.11 Å². The van der Waals surface area contributed by atoms with E-state index in [1.807, 2.05) is 0 Å². The number of phenolic OH excluding ortho intramolecular Hbond substituents is 1. The van der Waals surface area contributed by atoms with Crippen LogP contribution in [0.4, 0.5) is 0 Å². The van der Waals surface area contributed by atoms with E-state index in [0.29, 0.717) is 16.9 Å². The molecule has 0 amide bonds. The fourth-order valence-corrected chi connectivity index (χ4v) is 1.33. The smallest absolute Gasteiger partial charge is 0.127 e. The summed E-state index contributed by atoms with van der Waals surface area (Å²) < 4.78 is 5.05. The van der Waals surface area contributed by atoms with Gasteiger partial charge >= 0.3 is 0 Å². The summed E-state index contributed by atoms with van der Waals surface area (Å²) in [6.07, 6.45) is 0. The van der Waals surface area contributed by atoms with Gasteiger partial charge in [-0.15, -0.1) is 0 Å². The minimum absolute atomic E-state index is 0.0888. The van der Waals surface area contributed by atoms with Crippen molar-refractivity contribution in [2.45, 2.75) is 13.0 Å². The number of aliphatic hydroxyl groups is 1. The molecule has 0 spiro atoms. The Morgan fingerprint density at radius 3 is 2.64 bits per heavy atom. The van der Waals surface area contributed by atoms with Crippen LogP contribution in [0.3, 0.4) is 0 Å². The number of nitrogens with two attached hydrogens (primary N) is 1. The zero-order valence-electron chi connectivity index (χ0n) is 8.32. The molecule has 4 heteroatoms. The van der Waals surface area contributed by atoms with Gasteiger partial charge in [0.2, 0.25) is 0 Å². The number of aryl methyl sites for hydroxylation is 1. The minimum atomic E-state index is -0.621. The average molecular weight is 197 g/mol. The SMILES string of the molecule is COc1ccc(C)c(O)c1C(N)CO. The molecule has 1 aromatic carbocycles. The van der Waals surface area contributed by atoms with Gasteiger partial charge in [-0.3, -0.25) is 0 Å². The molecule has 4 N–H and O–H groups in total. The van der Waals surface area contributed by atoms with E-state index in [-0.39, 0.29) is 12.4 Å². The number of aromatic hydroxyl groups is 1. The molecule has 14 heavy (non-hydrogen) atoms. The maximum Gasteiger partial charge on any atom is 0.127 e. The van der Waals surface area contributed by atoms with Gasteiger partial charge in [-0.25, -0.2) is 0 Å². The van der Waals surface area contributed by atoms with E-state index in [1.54, 1.807) is 19.1 Å². The van der Waals surface area contributed by atoms with Gasteiger partial charge in [-0.2, -0.15) is 0 Å². The van der Waals surface area contributed by atoms with Crippen molar-refractivity contribution in [2.75, 3.05) is 13.7 Å². The highest BCUT2D eigenvalue weighted by molar-refractivity contribution is 5.50. The number of hydrogen-bond donors (Lipinski definition) is 3. The van der Waals surface area contributed by atoms with E-state index >= 15 is 0 Å².